The Balaban J connectivity index is 1.88. The van der Waals surface area contributed by atoms with Crippen molar-refractivity contribution in [3.8, 4) is 11.5 Å². The van der Waals surface area contributed by atoms with Crippen LogP contribution in [0, 0.1) is 0 Å². The standard InChI is InChI=1S/C14H17NO5/c16-14(17)13(15-3-5-18-6-4-15)10-1-2-11-12(9-10)20-8-7-19-11/h1-2,9,13H,3-8H2,(H,16,17)/t13-/m1/s1. The zero-order valence-corrected chi connectivity index (χ0v) is 11.1. The van der Waals surface area contributed by atoms with Gasteiger partial charge < -0.3 is 19.3 Å². The first-order valence-corrected chi connectivity index (χ1v) is 6.70. The molecule has 0 amide bonds. The van der Waals surface area contributed by atoms with Gasteiger partial charge in [0.1, 0.15) is 19.3 Å². The molecular formula is C14H17NO5. The fraction of sp³-hybridized carbons (Fsp3) is 0.500. The number of carboxylic acid groups (broad SMARTS) is 1. The third-order valence-electron chi connectivity index (χ3n) is 3.53. The van der Waals surface area contributed by atoms with Gasteiger partial charge in [0.25, 0.3) is 0 Å². The highest BCUT2D eigenvalue weighted by atomic mass is 16.6. The number of hydrogen-bond donors (Lipinski definition) is 1. The Morgan fingerprint density at radius 2 is 1.80 bits per heavy atom. The fourth-order valence-electron chi connectivity index (χ4n) is 2.58. The predicted octanol–water partition coefficient (Wildman–Crippen LogP) is 0.916. The molecule has 6 heteroatoms. The molecule has 0 aromatic heterocycles. The summed E-state index contributed by atoms with van der Waals surface area (Å²) in [6.07, 6.45) is 0. The number of carbonyl (C=O) groups is 1. The van der Waals surface area contributed by atoms with E-state index in [-0.39, 0.29) is 0 Å². The third kappa shape index (κ3) is 2.57. The van der Waals surface area contributed by atoms with Crippen molar-refractivity contribution in [3.63, 3.8) is 0 Å². The molecule has 1 saturated heterocycles. The number of hydrogen-bond acceptors (Lipinski definition) is 5. The first-order chi connectivity index (χ1) is 9.75. The summed E-state index contributed by atoms with van der Waals surface area (Å²) < 4.78 is 16.3. The van der Waals surface area contributed by atoms with Crippen LogP contribution in [0.2, 0.25) is 0 Å². The lowest BCUT2D eigenvalue weighted by atomic mass is 10.0. The normalized spacial score (nSPS) is 20.4. The van der Waals surface area contributed by atoms with Crippen molar-refractivity contribution in [1.29, 1.82) is 0 Å². The Hall–Kier alpha value is -1.79. The molecule has 2 aliphatic rings. The molecule has 0 unspecified atom stereocenters. The number of carboxylic acids is 1. The molecule has 2 heterocycles. The third-order valence-corrected chi connectivity index (χ3v) is 3.53. The fourth-order valence-corrected chi connectivity index (χ4v) is 2.58. The van der Waals surface area contributed by atoms with E-state index in [0.717, 1.165) is 0 Å². The van der Waals surface area contributed by atoms with Gasteiger partial charge in [-0.25, -0.2) is 0 Å². The van der Waals surface area contributed by atoms with Gasteiger partial charge in [0, 0.05) is 13.1 Å². The van der Waals surface area contributed by atoms with E-state index >= 15 is 0 Å². The monoisotopic (exact) mass is 279 g/mol. The maximum absolute atomic E-state index is 11.6. The van der Waals surface area contributed by atoms with Crippen molar-refractivity contribution in [1.82, 2.24) is 4.90 Å². The molecule has 1 atom stereocenters. The number of ether oxygens (including phenoxy) is 3. The van der Waals surface area contributed by atoms with Crippen molar-refractivity contribution in [2.24, 2.45) is 0 Å². The highest BCUT2D eigenvalue weighted by Crippen LogP contribution is 2.34. The summed E-state index contributed by atoms with van der Waals surface area (Å²) in [6.45, 7) is 3.38. The Kier molecular flexibility index (Phi) is 3.75. The number of aliphatic carboxylic acids is 1. The average molecular weight is 279 g/mol. The van der Waals surface area contributed by atoms with Crippen molar-refractivity contribution < 1.29 is 24.1 Å². The second-order valence-electron chi connectivity index (χ2n) is 4.79. The summed E-state index contributed by atoms with van der Waals surface area (Å²) in [5.74, 6) is 0.433. The zero-order valence-electron chi connectivity index (χ0n) is 11.1. The van der Waals surface area contributed by atoms with Crippen LogP contribution in [0.3, 0.4) is 0 Å². The lowest BCUT2D eigenvalue weighted by Crippen LogP contribution is -2.42. The van der Waals surface area contributed by atoms with Crippen LogP contribution >= 0.6 is 0 Å². The molecule has 1 fully saturated rings. The molecule has 1 aromatic rings. The molecule has 0 bridgehead atoms. The van der Waals surface area contributed by atoms with Gasteiger partial charge in [0.15, 0.2) is 11.5 Å². The Labute approximate surface area is 116 Å². The topological polar surface area (TPSA) is 68.2 Å². The van der Waals surface area contributed by atoms with Crippen LogP contribution in [0.1, 0.15) is 11.6 Å². The van der Waals surface area contributed by atoms with Crippen molar-refractivity contribution >= 4 is 5.97 Å². The molecule has 1 aromatic carbocycles. The summed E-state index contributed by atoms with van der Waals surface area (Å²) in [7, 11) is 0. The molecule has 108 valence electrons. The van der Waals surface area contributed by atoms with Gasteiger partial charge in [-0.1, -0.05) is 6.07 Å². The summed E-state index contributed by atoms with van der Waals surface area (Å²) in [5, 5.41) is 9.53. The SMILES string of the molecule is O=C(O)[C@@H](c1ccc2c(c1)OCCO2)N1CCOCC1. The first-order valence-electron chi connectivity index (χ1n) is 6.70. The number of fused-ring (bicyclic) bond motifs is 1. The Morgan fingerprint density at radius 3 is 2.50 bits per heavy atom. The quantitative estimate of drug-likeness (QED) is 0.887. The van der Waals surface area contributed by atoms with E-state index in [1.165, 1.54) is 0 Å². The van der Waals surface area contributed by atoms with Crippen molar-refractivity contribution in [2.45, 2.75) is 6.04 Å². The predicted molar refractivity (Wildman–Crippen MR) is 70.2 cm³/mol. The highest BCUT2D eigenvalue weighted by Gasteiger charge is 2.29. The van der Waals surface area contributed by atoms with Crippen LogP contribution in [0.5, 0.6) is 11.5 Å². The average Bonchev–Trinajstić information content (AvgIpc) is 2.48. The largest absolute Gasteiger partial charge is 0.486 e. The Morgan fingerprint density at radius 1 is 1.10 bits per heavy atom. The van der Waals surface area contributed by atoms with Gasteiger partial charge in [-0.2, -0.15) is 0 Å². The van der Waals surface area contributed by atoms with E-state index in [1.807, 2.05) is 4.90 Å². The van der Waals surface area contributed by atoms with E-state index in [4.69, 9.17) is 14.2 Å². The van der Waals surface area contributed by atoms with Crippen molar-refractivity contribution in [3.05, 3.63) is 23.8 Å². The lowest BCUT2D eigenvalue weighted by molar-refractivity contribution is -0.145. The minimum absolute atomic E-state index is 0.492. The Bertz CT molecular complexity index is 498. The van der Waals surface area contributed by atoms with Gasteiger partial charge in [-0.05, 0) is 17.7 Å². The smallest absolute Gasteiger partial charge is 0.325 e. The van der Waals surface area contributed by atoms with Crippen LogP contribution in [0.15, 0.2) is 18.2 Å². The molecule has 0 spiro atoms. The van der Waals surface area contributed by atoms with E-state index in [2.05, 4.69) is 0 Å². The van der Waals surface area contributed by atoms with E-state index < -0.39 is 12.0 Å². The molecule has 6 nitrogen and oxygen atoms in total. The molecular weight excluding hydrogens is 262 g/mol. The van der Waals surface area contributed by atoms with Crippen LogP contribution in [0.25, 0.3) is 0 Å². The maximum atomic E-state index is 11.6. The number of rotatable bonds is 3. The summed E-state index contributed by atoms with van der Waals surface area (Å²) >= 11 is 0. The molecule has 3 rings (SSSR count). The van der Waals surface area contributed by atoms with Crippen molar-refractivity contribution in [2.75, 3.05) is 39.5 Å². The van der Waals surface area contributed by atoms with Crippen LogP contribution < -0.4 is 9.47 Å². The van der Waals surface area contributed by atoms with Crippen LogP contribution in [0.4, 0.5) is 0 Å². The molecule has 0 radical (unpaired) electrons. The molecule has 0 aliphatic carbocycles. The first kappa shape index (κ1) is 13.2. The van der Waals surface area contributed by atoms with Gasteiger partial charge >= 0.3 is 5.97 Å². The van der Waals surface area contributed by atoms with E-state index in [0.29, 0.717) is 56.6 Å². The molecule has 20 heavy (non-hydrogen) atoms. The lowest BCUT2D eigenvalue weighted by Gasteiger charge is -2.32. The van der Waals surface area contributed by atoms with Gasteiger partial charge in [0.05, 0.1) is 13.2 Å². The minimum Gasteiger partial charge on any atom is -0.486 e. The van der Waals surface area contributed by atoms with E-state index in [1.54, 1.807) is 18.2 Å². The second kappa shape index (κ2) is 5.68. The highest BCUT2D eigenvalue weighted by molar-refractivity contribution is 5.76. The molecule has 0 saturated carbocycles. The summed E-state index contributed by atoms with van der Waals surface area (Å²) in [5.41, 5.74) is 0.712. The maximum Gasteiger partial charge on any atom is 0.325 e. The van der Waals surface area contributed by atoms with Gasteiger partial charge in [-0.3, -0.25) is 9.69 Å². The van der Waals surface area contributed by atoms with E-state index in [9.17, 15) is 9.90 Å². The number of morpholine rings is 1. The number of nitrogens with zero attached hydrogens (tertiary/aromatic N) is 1. The summed E-state index contributed by atoms with van der Waals surface area (Å²) in [6, 6.07) is 4.67. The van der Waals surface area contributed by atoms with Gasteiger partial charge in [0.2, 0.25) is 0 Å². The second-order valence-corrected chi connectivity index (χ2v) is 4.79. The number of benzene rings is 1. The van der Waals surface area contributed by atoms with Crippen LogP contribution in [-0.4, -0.2) is 55.5 Å². The van der Waals surface area contributed by atoms with Gasteiger partial charge in [-0.15, -0.1) is 0 Å². The van der Waals surface area contributed by atoms with Crippen LogP contribution in [-0.2, 0) is 9.53 Å². The molecule has 2 aliphatic heterocycles. The minimum atomic E-state index is -0.858. The summed E-state index contributed by atoms with van der Waals surface area (Å²) in [4.78, 5) is 13.5. The molecule has 1 N–H and O–H groups in total. The zero-order chi connectivity index (χ0) is 13.9.